The first-order valence-corrected chi connectivity index (χ1v) is 5.34. The van der Waals surface area contributed by atoms with Crippen LogP contribution in [0.4, 0.5) is 4.39 Å². The van der Waals surface area contributed by atoms with E-state index in [1.54, 1.807) is 6.07 Å². The van der Waals surface area contributed by atoms with E-state index in [2.05, 4.69) is 0 Å². The highest BCUT2D eigenvalue weighted by Crippen LogP contribution is 2.31. The van der Waals surface area contributed by atoms with Crippen molar-refractivity contribution >= 4 is 11.3 Å². The molecule has 2 nitrogen and oxygen atoms in total. The lowest BCUT2D eigenvalue weighted by atomic mass is 10.1. The molecule has 0 aliphatic rings. The van der Waals surface area contributed by atoms with E-state index in [1.165, 1.54) is 23.5 Å². The topological polar surface area (TPSA) is 46.2 Å². The van der Waals surface area contributed by atoms with Gasteiger partial charge in [0.05, 0.1) is 6.04 Å². The predicted molar refractivity (Wildman–Crippen MR) is 58.4 cm³/mol. The monoisotopic (exact) mass is 223 g/mol. The van der Waals surface area contributed by atoms with Crippen LogP contribution in [0.1, 0.15) is 16.5 Å². The van der Waals surface area contributed by atoms with Gasteiger partial charge in [0.1, 0.15) is 0 Å². The summed E-state index contributed by atoms with van der Waals surface area (Å²) in [6.45, 7) is 0. The Morgan fingerprint density at radius 2 is 2.07 bits per heavy atom. The van der Waals surface area contributed by atoms with Gasteiger partial charge in [-0.3, -0.25) is 0 Å². The van der Waals surface area contributed by atoms with Crippen molar-refractivity contribution in [3.05, 3.63) is 52.0 Å². The molecule has 0 saturated heterocycles. The number of phenols is 1. The minimum atomic E-state index is -0.639. The van der Waals surface area contributed by atoms with E-state index in [0.29, 0.717) is 5.56 Å². The van der Waals surface area contributed by atoms with Gasteiger partial charge in [-0.05, 0) is 17.5 Å². The SMILES string of the molecule is N[C@H](c1cccs1)c1cccc(F)c1O. The molecule has 78 valence electrons. The van der Waals surface area contributed by atoms with E-state index >= 15 is 0 Å². The van der Waals surface area contributed by atoms with Crippen molar-refractivity contribution in [2.24, 2.45) is 5.73 Å². The van der Waals surface area contributed by atoms with Crippen LogP contribution in [0.25, 0.3) is 0 Å². The predicted octanol–water partition coefficient (Wildman–Crippen LogP) is 2.64. The highest BCUT2D eigenvalue weighted by atomic mass is 32.1. The van der Waals surface area contributed by atoms with Crippen LogP contribution in [0.3, 0.4) is 0 Å². The maximum Gasteiger partial charge on any atom is 0.165 e. The summed E-state index contributed by atoms with van der Waals surface area (Å²) in [5.41, 5.74) is 6.33. The summed E-state index contributed by atoms with van der Waals surface area (Å²) in [5.74, 6) is -1.00. The minimum absolute atomic E-state index is 0.363. The summed E-state index contributed by atoms with van der Waals surface area (Å²) in [4.78, 5) is 0.899. The van der Waals surface area contributed by atoms with Crippen molar-refractivity contribution in [3.8, 4) is 5.75 Å². The molecule has 3 N–H and O–H groups in total. The fourth-order valence-electron chi connectivity index (χ4n) is 1.40. The lowest BCUT2D eigenvalue weighted by molar-refractivity contribution is 0.424. The Kier molecular flexibility index (Phi) is 2.70. The standard InChI is InChI=1S/C11H10FNOS/c12-8-4-1-3-7(11(8)14)10(13)9-5-2-6-15-9/h1-6,10,14H,13H2/t10-/m0/s1. The largest absolute Gasteiger partial charge is 0.505 e. The van der Waals surface area contributed by atoms with Crippen LogP contribution in [0.5, 0.6) is 5.75 Å². The normalized spacial score (nSPS) is 12.7. The van der Waals surface area contributed by atoms with Crippen molar-refractivity contribution in [3.63, 3.8) is 0 Å². The van der Waals surface area contributed by atoms with Gasteiger partial charge in [0.15, 0.2) is 11.6 Å². The van der Waals surface area contributed by atoms with E-state index in [1.807, 2.05) is 17.5 Å². The average molecular weight is 223 g/mol. The molecule has 0 amide bonds. The highest BCUT2D eigenvalue weighted by Gasteiger charge is 2.15. The van der Waals surface area contributed by atoms with Gasteiger partial charge in [-0.1, -0.05) is 18.2 Å². The molecule has 15 heavy (non-hydrogen) atoms. The zero-order valence-electron chi connectivity index (χ0n) is 7.85. The third kappa shape index (κ3) is 1.86. The molecule has 0 unspecified atom stereocenters. The van der Waals surface area contributed by atoms with Gasteiger partial charge < -0.3 is 10.8 Å². The van der Waals surface area contributed by atoms with Crippen LogP contribution in [0.2, 0.25) is 0 Å². The van der Waals surface area contributed by atoms with Gasteiger partial charge in [-0.2, -0.15) is 0 Å². The van der Waals surface area contributed by atoms with E-state index in [-0.39, 0.29) is 5.75 Å². The molecule has 1 atom stereocenters. The third-order valence-corrected chi connectivity index (χ3v) is 3.16. The molecule has 1 aromatic heterocycles. The quantitative estimate of drug-likeness (QED) is 0.822. The molecule has 0 aliphatic carbocycles. The van der Waals surface area contributed by atoms with Crippen molar-refractivity contribution in [1.29, 1.82) is 0 Å². The number of nitrogens with two attached hydrogens (primary N) is 1. The van der Waals surface area contributed by atoms with E-state index in [9.17, 15) is 9.50 Å². The van der Waals surface area contributed by atoms with Gasteiger partial charge in [-0.25, -0.2) is 4.39 Å². The molecule has 0 aliphatic heterocycles. The summed E-state index contributed by atoms with van der Waals surface area (Å²) in [6.07, 6.45) is 0. The second kappa shape index (κ2) is 4.00. The Labute approximate surface area is 90.8 Å². The van der Waals surface area contributed by atoms with Crippen molar-refractivity contribution < 1.29 is 9.50 Å². The number of hydrogen-bond donors (Lipinski definition) is 2. The van der Waals surface area contributed by atoms with Crippen molar-refractivity contribution in [2.45, 2.75) is 6.04 Å². The molecule has 0 bridgehead atoms. The maximum absolute atomic E-state index is 13.1. The number of aromatic hydroxyl groups is 1. The molecule has 0 saturated carbocycles. The third-order valence-electron chi connectivity index (χ3n) is 2.20. The van der Waals surface area contributed by atoms with Crippen molar-refractivity contribution in [2.75, 3.05) is 0 Å². The van der Waals surface area contributed by atoms with Crippen LogP contribution in [-0.2, 0) is 0 Å². The van der Waals surface area contributed by atoms with Gasteiger partial charge >= 0.3 is 0 Å². The Bertz CT molecular complexity index is 456. The van der Waals surface area contributed by atoms with Crippen molar-refractivity contribution in [1.82, 2.24) is 0 Å². The Morgan fingerprint density at radius 3 is 2.73 bits per heavy atom. The first kappa shape index (κ1) is 10.1. The number of halogens is 1. The first-order chi connectivity index (χ1) is 7.20. The van der Waals surface area contributed by atoms with Gasteiger partial charge in [0.25, 0.3) is 0 Å². The number of benzene rings is 1. The Morgan fingerprint density at radius 1 is 1.27 bits per heavy atom. The lowest BCUT2D eigenvalue weighted by Crippen LogP contribution is -2.10. The first-order valence-electron chi connectivity index (χ1n) is 4.46. The number of thiophene rings is 1. The molecule has 0 fully saturated rings. The Balaban J connectivity index is 2.42. The summed E-state index contributed by atoms with van der Waals surface area (Å²) < 4.78 is 13.1. The highest BCUT2D eigenvalue weighted by molar-refractivity contribution is 7.10. The van der Waals surface area contributed by atoms with Gasteiger partial charge in [0, 0.05) is 10.4 Å². The van der Waals surface area contributed by atoms with Crippen LogP contribution in [0, 0.1) is 5.82 Å². The van der Waals surface area contributed by atoms with Crippen LogP contribution in [-0.4, -0.2) is 5.11 Å². The van der Waals surface area contributed by atoms with Crippen LogP contribution < -0.4 is 5.73 Å². The number of para-hydroxylation sites is 1. The summed E-state index contributed by atoms with van der Waals surface area (Å²) in [5, 5.41) is 11.4. The van der Waals surface area contributed by atoms with Gasteiger partial charge in [0.2, 0.25) is 0 Å². The number of phenolic OH excluding ortho intramolecular Hbond substituents is 1. The lowest BCUT2D eigenvalue weighted by Gasteiger charge is -2.11. The molecular formula is C11H10FNOS. The molecule has 0 spiro atoms. The maximum atomic E-state index is 13.1. The Hall–Kier alpha value is -1.39. The molecule has 1 heterocycles. The van der Waals surface area contributed by atoms with Crippen LogP contribution in [0.15, 0.2) is 35.7 Å². The molecule has 2 aromatic rings. The minimum Gasteiger partial charge on any atom is -0.505 e. The number of rotatable bonds is 2. The number of hydrogen-bond acceptors (Lipinski definition) is 3. The molecule has 4 heteroatoms. The smallest absolute Gasteiger partial charge is 0.165 e. The fraction of sp³-hybridized carbons (Fsp3) is 0.0909. The zero-order chi connectivity index (χ0) is 10.8. The fourth-order valence-corrected chi connectivity index (χ4v) is 2.15. The van der Waals surface area contributed by atoms with E-state index in [0.717, 1.165) is 4.88 Å². The molecule has 0 radical (unpaired) electrons. The van der Waals surface area contributed by atoms with E-state index in [4.69, 9.17) is 5.73 Å². The summed E-state index contributed by atoms with van der Waals surface area (Å²) in [6, 6.07) is 7.64. The second-order valence-electron chi connectivity index (χ2n) is 3.17. The summed E-state index contributed by atoms with van der Waals surface area (Å²) in [7, 11) is 0. The van der Waals surface area contributed by atoms with E-state index < -0.39 is 11.9 Å². The van der Waals surface area contributed by atoms with Gasteiger partial charge in [-0.15, -0.1) is 11.3 Å². The molecule has 2 rings (SSSR count). The summed E-state index contributed by atoms with van der Waals surface area (Å²) >= 11 is 1.48. The van der Waals surface area contributed by atoms with Crippen LogP contribution >= 0.6 is 11.3 Å². The molecule has 1 aromatic carbocycles. The average Bonchev–Trinajstić information content (AvgIpc) is 2.74. The molecular weight excluding hydrogens is 213 g/mol. The second-order valence-corrected chi connectivity index (χ2v) is 4.15. The zero-order valence-corrected chi connectivity index (χ0v) is 8.67.